The van der Waals surface area contributed by atoms with E-state index in [1.165, 1.54) is 12.8 Å². The fourth-order valence-electron chi connectivity index (χ4n) is 2.22. The molecule has 1 saturated carbocycles. The zero-order chi connectivity index (χ0) is 12.5. The second-order valence-electron chi connectivity index (χ2n) is 4.86. The van der Waals surface area contributed by atoms with Gasteiger partial charge in [-0.25, -0.2) is 0 Å². The minimum absolute atomic E-state index is 0.104. The molecule has 1 aromatic rings. The molecule has 0 bridgehead atoms. The SMILES string of the molecule is COc1ccc(OC)c(C(NN)C2(C)CC2)c1. The van der Waals surface area contributed by atoms with E-state index < -0.39 is 0 Å². The summed E-state index contributed by atoms with van der Waals surface area (Å²) in [5.41, 5.74) is 4.21. The van der Waals surface area contributed by atoms with Crippen LogP contribution >= 0.6 is 0 Å². The van der Waals surface area contributed by atoms with Gasteiger partial charge in [0.05, 0.1) is 20.3 Å². The number of methoxy groups -OCH3 is 2. The number of benzene rings is 1. The van der Waals surface area contributed by atoms with Gasteiger partial charge in [0.2, 0.25) is 0 Å². The number of rotatable bonds is 5. The minimum atomic E-state index is 0.104. The van der Waals surface area contributed by atoms with Gasteiger partial charge < -0.3 is 9.47 Å². The molecule has 1 atom stereocenters. The number of nitrogens with one attached hydrogen (secondary N) is 1. The Balaban J connectivity index is 2.39. The molecule has 1 unspecified atom stereocenters. The van der Waals surface area contributed by atoms with Gasteiger partial charge in [0, 0.05) is 5.56 Å². The van der Waals surface area contributed by atoms with E-state index in [9.17, 15) is 0 Å². The first-order chi connectivity index (χ1) is 8.14. The number of hydrogen-bond donors (Lipinski definition) is 2. The van der Waals surface area contributed by atoms with Crippen LogP contribution in [0.25, 0.3) is 0 Å². The topological polar surface area (TPSA) is 56.5 Å². The summed E-state index contributed by atoms with van der Waals surface area (Å²) in [4.78, 5) is 0. The summed E-state index contributed by atoms with van der Waals surface area (Å²) in [6.07, 6.45) is 2.37. The standard InChI is InChI=1S/C13H20N2O2/c1-13(6-7-13)12(15-14)10-8-9(16-2)4-5-11(10)17-3/h4-5,8,12,15H,6-7,14H2,1-3H3. The highest BCUT2D eigenvalue weighted by molar-refractivity contribution is 5.43. The third kappa shape index (κ3) is 2.23. The quantitative estimate of drug-likeness (QED) is 0.606. The largest absolute Gasteiger partial charge is 0.497 e. The first kappa shape index (κ1) is 12.2. The number of hydrogen-bond acceptors (Lipinski definition) is 4. The van der Waals surface area contributed by atoms with Crippen molar-refractivity contribution in [3.63, 3.8) is 0 Å². The molecule has 1 aliphatic carbocycles. The van der Waals surface area contributed by atoms with Crippen LogP contribution in [0.1, 0.15) is 31.4 Å². The number of nitrogens with two attached hydrogens (primary N) is 1. The molecule has 4 heteroatoms. The summed E-state index contributed by atoms with van der Waals surface area (Å²) in [6, 6.07) is 5.91. The van der Waals surface area contributed by atoms with Gasteiger partial charge in [0.1, 0.15) is 11.5 Å². The molecule has 4 nitrogen and oxygen atoms in total. The van der Waals surface area contributed by atoms with Crippen LogP contribution in [0, 0.1) is 5.41 Å². The van der Waals surface area contributed by atoms with E-state index in [1.807, 2.05) is 18.2 Å². The Labute approximate surface area is 102 Å². The Bertz CT molecular complexity index is 402. The maximum absolute atomic E-state index is 5.70. The summed E-state index contributed by atoms with van der Waals surface area (Å²) in [5.74, 6) is 7.37. The summed E-state index contributed by atoms with van der Waals surface area (Å²) >= 11 is 0. The van der Waals surface area contributed by atoms with Crippen molar-refractivity contribution >= 4 is 0 Å². The Morgan fingerprint density at radius 1 is 1.29 bits per heavy atom. The van der Waals surface area contributed by atoms with E-state index in [1.54, 1.807) is 14.2 Å². The highest BCUT2D eigenvalue weighted by atomic mass is 16.5. The molecule has 0 aliphatic heterocycles. The molecular formula is C13H20N2O2. The van der Waals surface area contributed by atoms with Crippen LogP contribution in [0.15, 0.2) is 18.2 Å². The van der Waals surface area contributed by atoms with Crippen molar-refractivity contribution in [3.8, 4) is 11.5 Å². The van der Waals surface area contributed by atoms with Crippen LogP contribution in [0.3, 0.4) is 0 Å². The summed E-state index contributed by atoms with van der Waals surface area (Å²) in [5, 5.41) is 0. The molecule has 3 N–H and O–H groups in total. The van der Waals surface area contributed by atoms with Crippen molar-refractivity contribution in [1.29, 1.82) is 0 Å². The zero-order valence-electron chi connectivity index (χ0n) is 10.6. The maximum atomic E-state index is 5.70. The first-order valence-electron chi connectivity index (χ1n) is 5.82. The maximum Gasteiger partial charge on any atom is 0.123 e. The molecule has 1 fully saturated rings. The van der Waals surface area contributed by atoms with Crippen LogP contribution in [0.5, 0.6) is 11.5 Å². The van der Waals surface area contributed by atoms with Crippen molar-refractivity contribution < 1.29 is 9.47 Å². The van der Waals surface area contributed by atoms with E-state index in [4.69, 9.17) is 15.3 Å². The Kier molecular flexibility index (Phi) is 3.26. The smallest absolute Gasteiger partial charge is 0.123 e. The third-order valence-corrected chi connectivity index (χ3v) is 3.65. The molecule has 17 heavy (non-hydrogen) atoms. The molecule has 0 radical (unpaired) electrons. The van der Waals surface area contributed by atoms with Crippen molar-refractivity contribution in [1.82, 2.24) is 5.43 Å². The van der Waals surface area contributed by atoms with E-state index >= 15 is 0 Å². The molecular weight excluding hydrogens is 216 g/mol. The Hall–Kier alpha value is -1.26. The second kappa shape index (κ2) is 4.55. The Morgan fingerprint density at radius 3 is 2.47 bits per heavy atom. The first-order valence-corrected chi connectivity index (χ1v) is 5.82. The average molecular weight is 236 g/mol. The van der Waals surface area contributed by atoms with Crippen molar-refractivity contribution in [2.45, 2.75) is 25.8 Å². The Morgan fingerprint density at radius 2 is 2.00 bits per heavy atom. The van der Waals surface area contributed by atoms with Crippen LogP contribution in [-0.2, 0) is 0 Å². The third-order valence-electron chi connectivity index (χ3n) is 3.65. The van der Waals surface area contributed by atoms with Gasteiger partial charge in [0.25, 0.3) is 0 Å². The van der Waals surface area contributed by atoms with E-state index in [2.05, 4.69) is 12.3 Å². The molecule has 0 aromatic heterocycles. The molecule has 1 aromatic carbocycles. The van der Waals surface area contributed by atoms with Gasteiger partial charge >= 0.3 is 0 Å². The summed E-state index contributed by atoms with van der Waals surface area (Å²) < 4.78 is 10.7. The van der Waals surface area contributed by atoms with Gasteiger partial charge in [0.15, 0.2) is 0 Å². The van der Waals surface area contributed by atoms with Crippen LogP contribution < -0.4 is 20.7 Å². The summed E-state index contributed by atoms with van der Waals surface area (Å²) in [7, 11) is 3.34. The molecule has 0 spiro atoms. The molecule has 1 aliphatic rings. The van der Waals surface area contributed by atoms with Crippen molar-refractivity contribution in [3.05, 3.63) is 23.8 Å². The fraction of sp³-hybridized carbons (Fsp3) is 0.538. The molecule has 0 amide bonds. The van der Waals surface area contributed by atoms with Gasteiger partial charge in [-0.2, -0.15) is 0 Å². The van der Waals surface area contributed by atoms with Crippen LogP contribution in [0.4, 0.5) is 0 Å². The van der Waals surface area contributed by atoms with Gasteiger partial charge in [-0.1, -0.05) is 6.92 Å². The van der Waals surface area contributed by atoms with E-state index in [-0.39, 0.29) is 11.5 Å². The lowest BCUT2D eigenvalue weighted by atomic mass is 9.91. The van der Waals surface area contributed by atoms with Crippen molar-refractivity contribution in [2.75, 3.05) is 14.2 Å². The fourth-order valence-corrected chi connectivity index (χ4v) is 2.22. The molecule has 0 saturated heterocycles. The highest BCUT2D eigenvalue weighted by Gasteiger charge is 2.46. The predicted molar refractivity (Wildman–Crippen MR) is 67.0 cm³/mol. The summed E-state index contributed by atoms with van der Waals surface area (Å²) in [6.45, 7) is 2.23. The van der Waals surface area contributed by atoms with Crippen LogP contribution in [0.2, 0.25) is 0 Å². The van der Waals surface area contributed by atoms with E-state index in [0.717, 1.165) is 17.1 Å². The van der Waals surface area contributed by atoms with Gasteiger partial charge in [-0.05, 0) is 36.5 Å². The van der Waals surface area contributed by atoms with Gasteiger partial charge in [-0.3, -0.25) is 11.3 Å². The van der Waals surface area contributed by atoms with Crippen molar-refractivity contribution in [2.24, 2.45) is 11.3 Å². The second-order valence-corrected chi connectivity index (χ2v) is 4.86. The number of hydrazine groups is 1. The number of ether oxygens (including phenoxy) is 2. The van der Waals surface area contributed by atoms with Crippen LogP contribution in [-0.4, -0.2) is 14.2 Å². The average Bonchev–Trinajstić information content (AvgIpc) is 3.08. The lowest BCUT2D eigenvalue weighted by molar-refractivity contribution is 0.343. The molecule has 2 rings (SSSR count). The highest BCUT2D eigenvalue weighted by Crippen LogP contribution is 2.55. The van der Waals surface area contributed by atoms with E-state index in [0.29, 0.717) is 0 Å². The normalized spacial score (nSPS) is 18.6. The zero-order valence-corrected chi connectivity index (χ0v) is 10.6. The lowest BCUT2D eigenvalue weighted by Gasteiger charge is -2.25. The molecule has 0 heterocycles. The minimum Gasteiger partial charge on any atom is -0.497 e. The monoisotopic (exact) mass is 236 g/mol. The predicted octanol–water partition coefficient (Wildman–Crippen LogP) is 2.01. The molecule has 94 valence electrons. The van der Waals surface area contributed by atoms with Gasteiger partial charge in [-0.15, -0.1) is 0 Å². The lowest BCUT2D eigenvalue weighted by Crippen LogP contribution is -2.33.